The molecule has 1 fully saturated rings. The molecule has 1 saturated heterocycles. The quantitative estimate of drug-likeness (QED) is 0.0921. The summed E-state index contributed by atoms with van der Waals surface area (Å²) in [6.45, 7) is 12.9. The van der Waals surface area contributed by atoms with Crippen molar-refractivity contribution in [3.05, 3.63) is 51.6 Å². The van der Waals surface area contributed by atoms with Crippen LogP contribution in [0.1, 0.15) is 130 Å². The van der Waals surface area contributed by atoms with E-state index in [4.69, 9.17) is 19.9 Å². The Morgan fingerprint density at radius 1 is 0.862 bits per heavy atom. The smallest absolute Gasteiger partial charge is 0.243 e. The molecular weight excluding hydrogens is 870 g/mol. The molecule has 4 unspecified atom stereocenters. The molecular formula is C45H62ClN5O14. The molecule has 0 aromatic heterocycles. The number of phenols is 2. The molecule has 10 atom stereocenters. The number of Topliss-reactive ketones (excluding diaryl/α,β-unsaturated/α-hetero) is 1. The standard InChI is InChI=1S/C45H61N5O14.ClH/c1-18(2)13-27(49-41(57)20(5)46)43(59)47-21(6)42(58)50-28(14-19(3)4)44(60)48-26-15-31(63-22(7)36(26)52)64-30-17-45(61,23(8)51)16-25-33(30)40(56)35-34(38(25)54)37(53)24-11-10-12-29(62-9)32(24)39(35)55;/h10-12,18-22,26-28,30-31,36,52,54,56,61H,13-17,46H2,1-9H3,(H,47,59)(H,48,60)(H,49,57)(H,50,58);1H/t20-,21-,22?,26?,27-,28-,30-,31?,36?,45-;/m0./s1. The fourth-order valence-corrected chi connectivity index (χ4v) is 8.44. The molecule has 10 N–H and O–H groups in total. The van der Waals surface area contributed by atoms with Crippen molar-refractivity contribution >= 4 is 53.4 Å². The number of aliphatic hydroxyl groups excluding tert-OH is 1. The summed E-state index contributed by atoms with van der Waals surface area (Å²) in [5.41, 5.74) is 1.90. The molecule has 19 nitrogen and oxygen atoms in total. The minimum absolute atomic E-state index is 0. The van der Waals surface area contributed by atoms with E-state index in [1.54, 1.807) is 0 Å². The zero-order valence-corrected chi connectivity index (χ0v) is 38.8. The number of ketones is 3. The number of nitrogens with two attached hydrogens (primary N) is 1. The second-order valence-electron chi connectivity index (χ2n) is 18.0. The molecule has 0 bridgehead atoms. The van der Waals surface area contributed by atoms with Crippen LogP contribution in [-0.4, -0.2) is 123 Å². The van der Waals surface area contributed by atoms with Crippen LogP contribution >= 0.6 is 12.4 Å². The van der Waals surface area contributed by atoms with E-state index < -0.39 is 137 Å². The van der Waals surface area contributed by atoms with Gasteiger partial charge >= 0.3 is 0 Å². The van der Waals surface area contributed by atoms with Gasteiger partial charge in [-0.2, -0.15) is 0 Å². The first kappa shape index (κ1) is 52.4. The van der Waals surface area contributed by atoms with E-state index in [-0.39, 0.29) is 71.5 Å². The van der Waals surface area contributed by atoms with Crippen LogP contribution < -0.4 is 31.7 Å². The predicted molar refractivity (Wildman–Crippen MR) is 236 cm³/mol. The van der Waals surface area contributed by atoms with Crippen LogP contribution in [0.25, 0.3) is 0 Å². The minimum atomic E-state index is -2.17. The minimum Gasteiger partial charge on any atom is -0.507 e. The molecule has 0 radical (unpaired) electrons. The van der Waals surface area contributed by atoms with Gasteiger partial charge in [-0.05, 0) is 58.4 Å². The van der Waals surface area contributed by atoms with Crippen LogP contribution in [0.15, 0.2) is 18.2 Å². The van der Waals surface area contributed by atoms with E-state index in [2.05, 4.69) is 21.3 Å². The number of nitrogens with one attached hydrogen (secondary N) is 4. The summed E-state index contributed by atoms with van der Waals surface area (Å²) in [5, 5.41) is 57.1. The zero-order valence-electron chi connectivity index (χ0n) is 38.0. The third-order valence-corrected chi connectivity index (χ3v) is 11.9. The van der Waals surface area contributed by atoms with Gasteiger partial charge in [0.05, 0.1) is 48.1 Å². The fourth-order valence-electron chi connectivity index (χ4n) is 8.44. The number of hydrogen-bond donors (Lipinski definition) is 9. The van der Waals surface area contributed by atoms with Crippen molar-refractivity contribution in [2.75, 3.05) is 7.11 Å². The lowest BCUT2D eigenvalue weighted by Crippen LogP contribution is -2.60. The number of fused-ring (bicyclic) bond motifs is 3. The van der Waals surface area contributed by atoms with Gasteiger partial charge < -0.3 is 61.6 Å². The number of halogens is 1. The van der Waals surface area contributed by atoms with Gasteiger partial charge in [-0.15, -0.1) is 12.4 Å². The Morgan fingerprint density at radius 3 is 2.02 bits per heavy atom. The summed E-state index contributed by atoms with van der Waals surface area (Å²) >= 11 is 0. The second-order valence-corrected chi connectivity index (χ2v) is 18.0. The maximum absolute atomic E-state index is 14.0. The topological polar surface area (TPSA) is 302 Å². The van der Waals surface area contributed by atoms with Gasteiger partial charge in [-0.3, -0.25) is 33.6 Å². The summed E-state index contributed by atoms with van der Waals surface area (Å²) in [5.74, 6) is -6.35. The molecule has 5 rings (SSSR count). The number of ether oxygens (including phenoxy) is 3. The Morgan fingerprint density at radius 2 is 1.45 bits per heavy atom. The Hall–Kier alpha value is -5.18. The lowest BCUT2D eigenvalue weighted by atomic mass is 9.72. The van der Waals surface area contributed by atoms with Crippen molar-refractivity contribution in [1.29, 1.82) is 0 Å². The molecule has 1 aliphatic heterocycles. The summed E-state index contributed by atoms with van der Waals surface area (Å²) in [6, 6.07) is -0.868. The summed E-state index contributed by atoms with van der Waals surface area (Å²) in [6.07, 6.45) is -5.89. The molecule has 3 aliphatic rings. The summed E-state index contributed by atoms with van der Waals surface area (Å²) in [7, 11) is 1.31. The van der Waals surface area contributed by atoms with E-state index in [0.29, 0.717) is 0 Å². The van der Waals surface area contributed by atoms with Gasteiger partial charge in [0, 0.05) is 36.0 Å². The van der Waals surface area contributed by atoms with Crippen molar-refractivity contribution in [3.8, 4) is 17.2 Å². The van der Waals surface area contributed by atoms with Crippen molar-refractivity contribution in [3.63, 3.8) is 0 Å². The van der Waals surface area contributed by atoms with Crippen molar-refractivity contribution in [1.82, 2.24) is 21.3 Å². The number of amides is 4. The number of benzene rings is 2. The highest BCUT2D eigenvalue weighted by molar-refractivity contribution is 6.31. The monoisotopic (exact) mass is 931 g/mol. The van der Waals surface area contributed by atoms with Crippen LogP contribution in [-0.2, 0) is 39.9 Å². The summed E-state index contributed by atoms with van der Waals surface area (Å²) in [4.78, 5) is 93.8. The SMILES string of the molecule is COc1cccc2c1C(=O)c1c(O)c3c(c(O)c1C2=O)C[C@@](O)(C(C)=O)C[C@@H]3OC1CC(NC(=O)[C@H](CC(C)C)NC(=O)[C@H](C)NC(=O)[C@H](CC(C)C)NC(=O)[C@H](C)N)C(O)C(C)O1.Cl. The van der Waals surface area contributed by atoms with Gasteiger partial charge in [0.15, 0.2) is 17.9 Å². The lowest BCUT2D eigenvalue weighted by Gasteiger charge is -2.43. The average Bonchev–Trinajstić information content (AvgIpc) is 3.21. The van der Waals surface area contributed by atoms with E-state index in [0.717, 1.165) is 6.92 Å². The van der Waals surface area contributed by atoms with Gasteiger partial charge in [0.2, 0.25) is 29.4 Å². The number of aliphatic hydroxyl groups is 2. The Bertz CT molecular complexity index is 2200. The molecule has 1 heterocycles. The first-order valence-corrected chi connectivity index (χ1v) is 21.5. The average molecular weight is 932 g/mol. The molecule has 65 heavy (non-hydrogen) atoms. The number of carbonyl (C=O) groups excluding carboxylic acids is 7. The van der Waals surface area contributed by atoms with E-state index in [9.17, 15) is 54.0 Å². The summed E-state index contributed by atoms with van der Waals surface area (Å²) < 4.78 is 17.7. The fraction of sp³-hybridized carbons (Fsp3) is 0.578. The molecule has 20 heteroatoms. The molecule has 2 aromatic rings. The lowest BCUT2D eigenvalue weighted by molar-refractivity contribution is -0.249. The first-order valence-electron chi connectivity index (χ1n) is 21.5. The van der Waals surface area contributed by atoms with Gasteiger partial charge in [-0.1, -0.05) is 39.8 Å². The van der Waals surface area contributed by atoms with E-state index in [1.807, 2.05) is 27.7 Å². The maximum atomic E-state index is 14.0. The normalized spacial score (nSPS) is 24.2. The van der Waals surface area contributed by atoms with Crippen LogP contribution in [0.4, 0.5) is 0 Å². The van der Waals surface area contributed by atoms with Crippen LogP contribution in [0.2, 0.25) is 0 Å². The maximum Gasteiger partial charge on any atom is 0.243 e. The molecule has 0 spiro atoms. The van der Waals surface area contributed by atoms with Crippen LogP contribution in [0.3, 0.4) is 0 Å². The Balaban J connectivity index is 0.00000925. The predicted octanol–water partition coefficient (Wildman–Crippen LogP) is 1.52. The van der Waals surface area contributed by atoms with Gasteiger partial charge in [0.25, 0.3) is 0 Å². The number of rotatable bonds is 16. The molecule has 2 aliphatic carbocycles. The highest BCUT2D eigenvalue weighted by Gasteiger charge is 2.50. The second kappa shape index (κ2) is 21.0. The van der Waals surface area contributed by atoms with Crippen LogP contribution in [0.5, 0.6) is 17.2 Å². The number of carbonyl (C=O) groups is 7. The number of aromatic hydroxyl groups is 2. The molecule has 4 amide bonds. The Labute approximate surface area is 383 Å². The van der Waals surface area contributed by atoms with Gasteiger partial charge in [-0.25, -0.2) is 0 Å². The number of phenolic OH excluding ortho intramolecular Hbond substituents is 2. The third kappa shape index (κ3) is 11.1. The number of methoxy groups -OCH3 is 1. The highest BCUT2D eigenvalue weighted by Crippen LogP contribution is 2.52. The van der Waals surface area contributed by atoms with Gasteiger partial charge in [0.1, 0.15) is 47.1 Å². The van der Waals surface area contributed by atoms with Crippen LogP contribution in [0, 0.1) is 11.8 Å². The highest BCUT2D eigenvalue weighted by atomic mass is 35.5. The molecule has 2 aromatic carbocycles. The van der Waals surface area contributed by atoms with Crippen molar-refractivity contribution in [2.45, 2.75) is 148 Å². The van der Waals surface area contributed by atoms with Crippen molar-refractivity contribution < 1.29 is 68.2 Å². The largest absolute Gasteiger partial charge is 0.507 e. The Kier molecular flexibility index (Phi) is 16.9. The zero-order chi connectivity index (χ0) is 47.7. The van der Waals surface area contributed by atoms with Crippen molar-refractivity contribution in [2.24, 2.45) is 17.6 Å². The van der Waals surface area contributed by atoms with E-state index in [1.165, 1.54) is 46.1 Å². The molecule has 358 valence electrons. The molecule has 0 saturated carbocycles. The number of hydrogen-bond acceptors (Lipinski definition) is 15. The first-order chi connectivity index (χ1) is 29.9. The third-order valence-electron chi connectivity index (χ3n) is 11.9. The van der Waals surface area contributed by atoms with E-state index >= 15 is 0 Å².